The SMILES string of the molecule is C=CCOc1ccc(C2C(=C([O-])c3ccc(F)cc3)C(=O)C(=O)N2CCC[NH+]2CCOCC2)cc1. The molecule has 1 unspecified atom stereocenters. The number of ether oxygens (including phenoxy) is 2. The van der Waals surface area contributed by atoms with E-state index in [0.29, 0.717) is 44.1 Å². The molecule has 2 aliphatic heterocycles. The fourth-order valence-electron chi connectivity index (χ4n) is 4.52. The average molecular weight is 481 g/mol. The van der Waals surface area contributed by atoms with E-state index >= 15 is 0 Å². The smallest absolute Gasteiger partial charge is 0.295 e. The molecule has 1 N–H and O–H groups in total. The Hall–Kier alpha value is -3.49. The van der Waals surface area contributed by atoms with Crippen LogP contribution in [-0.4, -0.2) is 62.6 Å². The van der Waals surface area contributed by atoms with Gasteiger partial charge < -0.3 is 24.4 Å². The lowest BCUT2D eigenvalue weighted by Gasteiger charge is -2.29. The quantitative estimate of drug-likeness (QED) is 0.250. The van der Waals surface area contributed by atoms with E-state index in [9.17, 15) is 19.1 Å². The topological polar surface area (TPSA) is 83.3 Å². The molecule has 4 rings (SSSR count). The third-order valence-corrected chi connectivity index (χ3v) is 6.33. The van der Waals surface area contributed by atoms with Crippen molar-refractivity contribution in [2.45, 2.75) is 12.5 Å². The fraction of sp³-hybridized carbons (Fsp3) is 0.333. The third-order valence-electron chi connectivity index (χ3n) is 6.33. The van der Waals surface area contributed by atoms with E-state index in [1.54, 1.807) is 30.3 Å². The van der Waals surface area contributed by atoms with Crippen LogP contribution >= 0.6 is 0 Å². The number of nitrogens with one attached hydrogen (secondary N) is 1. The van der Waals surface area contributed by atoms with Gasteiger partial charge in [0.1, 0.15) is 31.3 Å². The highest BCUT2D eigenvalue weighted by Gasteiger charge is 2.44. The van der Waals surface area contributed by atoms with Gasteiger partial charge in [0.2, 0.25) is 5.78 Å². The van der Waals surface area contributed by atoms with Gasteiger partial charge >= 0.3 is 0 Å². The van der Waals surface area contributed by atoms with Gasteiger partial charge in [0.15, 0.2) is 0 Å². The predicted octanol–water partition coefficient (Wildman–Crippen LogP) is 0.920. The summed E-state index contributed by atoms with van der Waals surface area (Å²) in [5.74, 6) is -1.95. The number of ketones is 1. The summed E-state index contributed by atoms with van der Waals surface area (Å²) in [6.07, 6.45) is 2.32. The number of likely N-dealkylation sites (tertiary alicyclic amines) is 1. The minimum atomic E-state index is -0.819. The third kappa shape index (κ3) is 5.61. The molecule has 0 aliphatic carbocycles. The van der Waals surface area contributed by atoms with Crippen molar-refractivity contribution in [2.75, 3.05) is 46.0 Å². The van der Waals surface area contributed by atoms with Crippen molar-refractivity contribution in [3.05, 3.63) is 83.7 Å². The first-order valence-electron chi connectivity index (χ1n) is 11.8. The van der Waals surface area contributed by atoms with Crippen molar-refractivity contribution < 1.29 is 33.5 Å². The molecule has 8 heteroatoms. The Bertz CT molecular complexity index is 1090. The molecule has 2 aromatic rings. The van der Waals surface area contributed by atoms with E-state index in [2.05, 4.69) is 6.58 Å². The molecule has 0 saturated carbocycles. The van der Waals surface area contributed by atoms with Crippen molar-refractivity contribution >= 4 is 17.4 Å². The Balaban J connectivity index is 1.65. The van der Waals surface area contributed by atoms with Crippen LogP contribution in [0.3, 0.4) is 0 Å². The van der Waals surface area contributed by atoms with Gasteiger partial charge in [-0.25, -0.2) is 4.39 Å². The fourth-order valence-corrected chi connectivity index (χ4v) is 4.52. The molecule has 0 spiro atoms. The number of amides is 1. The Morgan fingerprint density at radius 1 is 1.14 bits per heavy atom. The van der Waals surface area contributed by atoms with Gasteiger partial charge in [0.05, 0.1) is 25.8 Å². The summed E-state index contributed by atoms with van der Waals surface area (Å²) in [7, 11) is 0. The first-order valence-corrected chi connectivity index (χ1v) is 11.8. The number of morpholine rings is 1. The van der Waals surface area contributed by atoms with Crippen LogP contribution in [-0.2, 0) is 14.3 Å². The molecule has 184 valence electrons. The number of carbonyl (C=O) groups is 2. The molecule has 1 amide bonds. The number of nitrogens with zero attached hydrogens (tertiary/aromatic N) is 1. The lowest BCUT2D eigenvalue weighted by Crippen LogP contribution is -3.14. The van der Waals surface area contributed by atoms with Gasteiger partial charge in [0, 0.05) is 18.5 Å². The summed E-state index contributed by atoms with van der Waals surface area (Å²) in [6.45, 7) is 8.39. The number of Topliss-reactive ketones (excluding diaryl/α,β-unsaturated/α-hetero) is 1. The second kappa shape index (κ2) is 11.3. The molecule has 0 radical (unpaired) electrons. The molecule has 2 saturated heterocycles. The molecule has 35 heavy (non-hydrogen) atoms. The maximum absolute atomic E-state index is 13.4. The minimum Gasteiger partial charge on any atom is -0.872 e. The van der Waals surface area contributed by atoms with Gasteiger partial charge in [-0.1, -0.05) is 42.7 Å². The monoisotopic (exact) mass is 480 g/mol. The molecule has 2 fully saturated rings. The lowest BCUT2D eigenvalue weighted by molar-refractivity contribution is -0.908. The van der Waals surface area contributed by atoms with Crippen LogP contribution in [0.4, 0.5) is 4.39 Å². The number of benzene rings is 2. The Labute approximate surface area is 204 Å². The molecule has 7 nitrogen and oxygen atoms in total. The number of halogens is 1. The highest BCUT2D eigenvalue weighted by atomic mass is 19.1. The summed E-state index contributed by atoms with van der Waals surface area (Å²) in [5, 5.41) is 13.4. The van der Waals surface area contributed by atoms with E-state index in [1.165, 1.54) is 34.1 Å². The van der Waals surface area contributed by atoms with Gasteiger partial charge in [-0.3, -0.25) is 9.59 Å². The number of rotatable bonds is 9. The molecule has 2 aliphatic rings. The van der Waals surface area contributed by atoms with Crippen molar-refractivity contribution in [1.82, 2.24) is 4.90 Å². The second-order valence-electron chi connectivity index (χ2n) is 8.61. The standard InChI is InChI=1S/C27H29FN2O5/c1-2-16-35-22-10-6-19(7-11-22)24-23(25(31)20-4-8-21(28)9-5-20)26(32)27(33)30(24)13-3-12-29-14-17-34-18-15-29/h2,4-11,24,31H,1,3,12-18H2. The Kier molecular flexibility index (Phi) is 7.94. The molecule has 1 atom stereocenters. The van der Waals surface area contributed by atoms with Crippen molar-refractivity contribution in [3.63, 3.8) is 0 Å². The van der Waals surface area contributed by atoms with Crippen LogP contribution in [0, 0.1) is 5.82 Å². The summed E-state index contributed by atoms with van der Waals surface area (Å²) < 4.78 is 24.4. The normalized spacial score (nSPS) is 20.3. The van der Waals surface area contributed by atoms with Crippen LogP contribution < -0.4 is 14.7 Å². The van der Waals surface area contributed by atoms with Gasteiger partial charge in [0.25, 0.3) is 5.91 Å². The van der Waals surface area contributed by atoms with Crippen molar-refractivity contribution in [2.24, 2.45) is 0 Å². The van der Waals surface area contributed by atoms with E-state index < -0.39 is 29.3 Å². The minimum absolute atomic E-state index is 0.111. The van der Waals surface area contributed by atoms with Gasteiger partial charge in [-0.2, -0.15) is 0 Å². The lowest BCUT2D eigenvalue weighted by atomic mass is 9.95. The van der Waals surface area contributed by atoms with Gasteiger partial charge in [-0.05, 0) is 35.4 Å². The van der Waals surface area contributed by atoms with Crippen molar-refractivity contribution in [3.8, 4) is 5.75 Å². The van der Waals surface area contributed by atoms with E-state index in [0.717, 1.165) is 19.6 Å². The predicted molar refractivity (Wildman–Crippen MR) is 126 cm³/mol. The molecule has 0 aromatic heterocycles. The van der Waals surface area contributed by atoms with Crippen LogP contribution in [0.2, 0.25) is 0 Å². The second-order valence-corrected chi connectivity index (χ2v) is 8.61. The summed E-state index contributed by atoms with van der Waals surface area (Å²) >= 11 is 0. The highest BCUT2D eigenvalue weighted by Crippen LogP contribution is 2.39. The molecule has 2 aromatic carbocycles. The van der Waals surface area contributed by atoms with E-state index in [1.807, 2.05) is 0 Å². The highest BCUT2D eigenvalue weighted by molar-refractivity contribution is 6.46. The summed E-state index contributed by atoms with van der Waals surface area (Å²) in [5.41, 5.74) is 0.692. The first kappa shape index (κ1) is 24.6. The average Bonchev–Trinajstić information content (AvgIpc) is 3.13. The van der Waals surface area contributed by atoms with Crippen LogP contribution in [0.1, 0.15) is 23.6 Å². The van der Waals surface area contributed by atoms with Crippen LogP contribution in [0.25, 0.3) is 5.76 Å². The first-order chi connectivity index (χ1) is 17.0. The Morgan fingerprint density at radius 2 is 1.83 bits per heavy atom. The molecule has 0 bridgehead atoms. The Morgan fingerprint density at radius 3 is 2.49 bits per heavy atom. The molecular formula is C27H29FN2O5. The number of carbonyl (C=O) groups excluding carboxylic acids is 2. The maximum atomic E-state index is 13.4. The zero-order chi connectivity index (χ0) is 24.8. The van der Waals surface area contributed by atoms with E-state index in [-0.39, 0.29) is 11.1 Å². The molecular weight excluding hydrogens is 451 g/mol. The van der Waals surface area contributed by atoms with E-state index in [4.69, 9.17) is 9.47 Å². The van der Waals surface area contributed by atoms with Crippen molar-refractivity contribution in [1.29, 1.82) is 0 Å². The summed E-state index contributed by atoms with van der Waals surface area (Å²) in [4.78, 5) is 29.0. The maximum Gasteiger partial charge on any atom is 0.295 e. The van der Waals surface area contributed by atoms with Crippen LogP contribution in [0.5, 0.6) is 5.75 Å². The zero-order valence-electron chi connectivity index (χ0n) is 19.5. The summed E-state index contributed by atoms with van der Waals surface area (Å²) in [6, 6.07) is 11.2. The van der Waals surface area contributed by atoms with Crippen LogP contribution in [0.15, 0.2) is 66.8 Å². The molecule has 2 heterocycles. The number of hydrogen-bond donors (Lipinski definition) is 1. The zero-order valence-corrected chi connectivity index (χ0v) is 19.5. The number of quaternary nitrogens is 1. The van der Waals surface area contributed by atoms with Gasteiger partial charge in [-0.15, -0.1) is 0 Å². The largest absolute Gasteiger partial charge is 0.872 e. The number of hydrogen-bond acceptors (Lipinski definition) is 5.